The number of rotatable bonds is 11. The molecule has 6 heteroatoms. The molecule has 0 aliphatic carbocycles. The topological polar surface area (TPSA) is 66.0 Å². The molecule has 0 aromatic heterocycles. The van der Waals surface area contributed by atoms with E-state index < -0.39 is 0 Å². The van der Waals surface area contributed by atoms with Crippen LogP contribution in [0.4, 0.5) is 0 Å². The molecule has 0 spiro atoms. The third kappa shape index (κ3) is 6.73. The lowest BCUT2D eigenvalue weighted by Gasteiger charge is -2.13. The average molecular weight is 373 g/mol. The predicted octanol–water partition coefficient (Wildman–Crippen LogP) is 3.23. The Labute approximate surface area is 160 Å². The van der Waals surface area contributed by atoms with Crippen molar-refractivity contribution in [3.05, 3.63) is 48.0 Å². The fraction of sp³-hybridized carbons (Fsp3) is 0.381. The first-order valence-corrected chi connectivity index (χ1v) is 9.08. The zero-order valence-corrected chi connectivity index (χ0v) is 16.1. The van der Waals surface area contributed by atoms with E-state index in [4.69, 9.17) is 18.9 Å². The maximum Gasteiger partial charge on any atom is 0.257 e. The maximum absolute atomic E-state index is 11.9. The first-order chi connectivity index (χ1) is 13.2. The number of methoxy groups -OCH3 is 1. The van der Waals surface area contributed by atoms with Crippen molar-refractivity contribution in [1.82, 2.24) is 5.32 Å². The Bertz CT molecular complexity index is 715. The van der Waals surface area contributed by atoms with Crippen molar-refractivity contribution in [3.8, 4) is 23.0 Å². The van der Waals surface area contributed by atoms with Gasteiger partial charge in [-0.3, -0.25) is 4.79 Å². The molecule has 0 radical (unpaired) electrons. The van der Waals surface area contributed by atoms with Crippen molar-refractivity contribution in [2.75, 3.05) is 33.5 Å². The monoisotopic (exact) mass is 373 g/mol. The van der Waals surface area contributed by atoms with Crippen LogP contribution < -0.4 is 24.3 Å². The van der Waals surface area contributed by atoms with Crippen molar-refractivity contribution in [3.63, 3.8) is 0 Å². The highest BCUT2D eigenvalue weighted by Gasteiger charge is 2.07. The molecule has 146 valence electrons. The minimum atomic E-state index is -0.165. The summed E-state index contributed by atoms with van der Waals surface area (Å²) in [7, 11) is 1.60. The molecule has 0 unspecified atom stereocenters. The summed E-state index contributed by atoms with van der Waals surface area (Å²) in [5.74, 6) is 2.67. The molecule has 0 saturated carbocycles. The van der Waals surface area contributed by atoms with Crippen molar-refractivity contribution in [1.29, 1.82) is 0 Å². The number of ether oxygens (including phenoxy) is 4. The van der Waals surface area contributed by atoms with Gasteiger partial charge in [-0.05, 0) is 62.2 Å². The van der Waals surface area contributed by atoms with E-state index in [0.717, 1.165) is 22.8 Å². The van der Waals surface area contributed by atoms with Gasteiger partial charge in [-0.15, -0.1) is 0 Å². The lowest BCUT2D eigenvalue weighted by atomic mass is 10.1. The Morgan fingerprint density at radius 1 is 0.889 bits per heavy atom. The van der Waals surface area contributed by atoms with E-state index in [1.54, 1.807) is 31.4 Å². The summed E-state index contributed by atoms with van der Waals surface area (Å²) in [4.78, 5) is 11.9. The van der Waals surface area contributed by atoms with E-state index in [-0.39, 0.29) is 12.5 Å². The van der Waals surface area contributed by atoms with Crippen molar-refractivity contribution >= 4 is 5.91 Å². The van der Waals surface area contributed by atoms with Gasteiger partial charge in [0, 0.05) is 6.54 Å². The molecule has 27 heavy (non-hydrogen) atoms. The first-order valence-electron chi connectivity index (χ1n) is 9.08. The third-order valence-corrected chi connectivity index (χ3v) is 3.77. The molecule has 0 bridgehead atoms. The van der Waals surface area contributed by atoms with Gasteiger partial charge in [-0.25, -0.2) is 0 Å². The van der Waals surface area contributed by atoms with Crippen LogP contribution in [-0.4, -0.2) is 39.4 Å². The molecular weight excluding hydrogens is 346 g/mol. The zero-order valence-electron chi connectivity index (χ0n) is 16.1. The number of nitrogens with one attached hydrogen (secondary N) is 1. The summed E-state index contributed by atoms with van der Waals surface area (Å²) in [6.07, 6.45) is 0.695. The summed E-state index contributed by atoms with van der Waals surface area (Å²) < 4.78 is 21.7. The number of hydrogen-bond donors (Lipinski definition) is 1. The van der Waals surface area contributed by atoms with Gasteiger partial charge in [0.05, 0.1) is 20.3 Å². The van der Waals surface area contributed by atoms with E-state index in [1.165, 1.54) is 0 Å². The summed E-state index contributed by atoms with van der Waals surface area (Å²) >= 11 is 0. The largest absolute Gasteiger partial charge is 0.497 e. The molecule has 2 rings (SSSR count). The highest BCUT2D eigenvalue weighted by atomic mass is 16.5. The third-order valence-electron chi connectivity index (χ3n) is 3.77. The van der Waals surface area contributed by atoms with E-state index in [2.05, 4.69) is 5.32 Å². The van der Waals surface area contributed by atoms with Gasteiger partial charge < -0.3 is 24.3 Å². The van der Waals surface area contributed by atoms with Crippen molar-refractivity contribution in [2.24, 2.45) is 0 Å². The van der Waals surface area contributed by atoms with Crippen LogP contribution in [0.25, 0.3) is 0 Å². The number of carbonyl (C=O) groups excluding carboxylic acids is 1. The highest BCUT2D eigenvalue weighted by Crippen LogP contribution is 2.28. The second-order valence-corrected chi connectivity index (χ2v) is 5.71. The summed E-state index contributed by atoms with van der Waals surface area (Å²) in [5.41, 5.74) is 1.07. The van der Waals surface area contributed by atoms with Crippen LogP contribution in [0, 0.1) is 0 Å². The molecule has 0 aliphatic heterocycles. The fourth-order valence-electron chi connectivity index (χ4n) is 2.47. The van der Waals surface area contributed by atoms with Gasteiger partial charge in [-0.2, -0.15) is 0 Å². The number of benzene rings is 2. The summed E-state index contributed by atoms with van der Waals surface area (Å²) in [5, 5.41) is 2.85. The molecule has 0 atom stereocenters. The molecule has 0 heterocycles. The molecule has 0 aliphatic rings. The van der Waals surface area contributed by atoms with Crippen LogP contribution in [-0.2, 0) is 11.2 Å². The maximum atomic E-state index is 11.9. The van der Waals surface area contributed by atoms with Gasteiger partial charge in [-0.1, -0.05) is 6.07 Å². The fourth-order valence-corrected chi connectivity index (χ4v) is 2.47. The minimum absolute atomic E-state index is 0.0280. The van der Waals surface area contributed by atoms with Crippen molar-refractivity contribution < 1.29 is 23.7 Å². The second kappa shape index (κ2) is 11.0. The van der Waals surface area contributed by atoms with Crippen LogP contribution in [0.1, 0.15) is 19.4 Å². The summed E-state index contributed by atoms with van der Waals surface area (Å²) in [6.45, 7) is 5.52. The number of hydrogen-bond acceptors (Lipinski definition) is 5. The molecule has 1 amide bonds. The van der Waals surface area contributed by atoms with Crippen LogP contribution in [0.3, 0.4) is 0 Å². The van der Waals surface area contributed by atoms with E-state index in [1.807, 2.05) is 32.0 Å². The Hall–Kier alpha value is -2.89. The molecule has 0 saturated heterocycles. The smallest absolute Gasteiger partial charge is 0.257 e. The van der Waals surface area contributed by atoms with Crippen LogP contribution in [0.2, 0.25) is 0 Å². The zero-order chi connectivity index (χ0) is 19.5. The van der Waals surface area contributed by atoms with E-state index >= 15 is 0 Å². The Morgan fingerprint density at radius 3 is 2.22 bits per heavy atom. The van der Waals surface area contributed by atoms with Crippen molar-refractivity contribution in [2.45, 2.75) is 20.3 Å². The molecule has 2 aromatic rings. The summed E-state index contributed by atoms with van der Waals surface area (Å²) in [6, 6.07) is 12.9. The van der Waals surface area contributed by atoms with Crippen LogP contribution in [0.5, 0.6) is 23.0 Å². The quantitative estimate of drug-likeness (QED) is 0.655. The second-order valence-electron chi connectivity index (χ2n) is 5.71. The lowest BCUT2D eigenvalue weighted by Crippen LogP contribution is -2.30. The predicted molar refractivity (Wildman–Crippen MR) is 104 cm³/mol. The van der Waals surface area contributed by atoms with Gasteiger partial charge in [0.2, 0.25) is 0 Å². The Kier molecular flexibility index (Phi) is 8.29. The SMILES string of the molecule is CCOc1ccc(CCNC(=O)COc2ccc(OC)cc2)cc1OCC. The molecule has 1 N–H and O–H groups in total. The van der Waals surface area contributed by atoms with E-state index in [0.29, 0.717) is 31.9 Å². The lowest BCUT2D eigenvalue weighted by molar-refractivity contribution is -0.123. The first kappa shape index (κ1) is 20.4. The van der Waals surface area contributed by atoms with Crippen LogP contribution >= 0.6 is 0 Å². The minimum Gasteiger partial charge on any atom is -0.497 e. The highest BCUT2D eigenvalue weighted by molar-refractivity contribution is 5.77. The molecule has 6 nitrogen and oxygen atoms in total. The molecule has 0 fully saturated rings. The van der Waals surface area contributed by atoms with Gasteiger partial charge >= 0.3 is 0 Å². The van der Waals surface area contributed by atoms with E-state index in [9.17, 15) is 4.79 Å². The molecule has 2 aromatic carbocycles. The standard InChI is InChI=1S/C21H27NO5/c1-4-25-19-11-6-16(14-20(19)26-5-2)12-13-22-21(23)15-27-18-9-7-17(24-3)8-10-18/h6-11,14H,4-5,12-13,15H2,1-3H3,(H,22,23). The van der Waals surface area contributed by atoms with Gasteiger partial charge in [0.25, 0.3) is 5.91 Å². The average Bonchev–Trinajstić information content (AvgIpc) is 2.69. The Morgan fingerprint density at radius 2 is 1.56 bits per heavy atom. The van der Waals surface area contributed by atoms with Gasteiger partial charge in [0.15, 0.2) is 18.1 Å². The number of carbonyl (C=O) groups is 1. The normalized spacial score (nSPS) is 10.2. The van der Waals surface area contributed by atoms with Crippen LogP contribution in [0.15, 0.2) is 42.5 Å². The van der Waals surface area contributed by atoms with Gasteiger partial charge in [0.1, 0.15) is 11.5 Å². The number of amides is 1. The molecular formula is C21H27NO5. The Balaban J connectivity index is 1.77.